The number of hydrogen-bond donors (Lipinski definition) is 3. The van der Waals surface area contributed by atoms with E-state index in [1.54, 1.807) is 17.0 Å². The van der Waals surface area contributed by atoms with Crippen LogP contribution in [0.1, 0.15) is 43.6 Å². The van der Waals surface area contributed by atoms with E-state index < -0.39 is 17.1 Å². The first kappa shape index (κ1) is 21.3. The van der Waals surface area contributed by atoms with Crippen molar-refractivity contribution >= 4 is 23.0 Å². The summed E-state index contributed by atoms with van der Waals surface area (Å²) in [6.07, 6.45) is 4.35. The summed E-state index contributed by atoms with van der Waals surface area (Å²) in [5, 5.41) is 14.0. The maximum atomic E-state index is 12.7. The highest BCUT2D eigenvalue weighted by molar-refractivity contribution is 7.79. The molecule has 1 saturated carbocycles. The van der Waals surface area contributed by atoms with E-state index in [0.29, 0.717) is 36.2 Å². The van der Waals surface area contributed by atoms with Crippen LogP contribution in [-0.2, 0) is 15.9 Å². The minimum atomic E-state index is -1.98. The van der Waals surface area contributed by atoms with Gasteiger partial charge >= 0.3 is 6.03 Å². The molecule has 0 radical (unpaired) electrons. The molecule has 2 fully saturated rings. The lowest BCUT2D eigenvalue weighted by Gasteiger charge is -2.33. The minimum Gasteiger partial charge on any atom is -0.341 e. The van der Waals surface area contributed by atoms with Crippen LogP contribution in [0.4, 0.5) is 4.79 Å². The second-order valence-corrected chi connectivity index (χ2v) is 8.61. The average molecular weight is 419 g/mol. The molecule has 3 amide bonds. The Morgan fingerprint density at radius 2 is 1.86 bits per heavy atom. The number of nitriles is 1. The third kappa shape index (κ3) is 6.02. The van der Waals surface area contributed by atoms with Gasteiger partial charge in [0.1, 0.15) is 12.6 Å². The van der Waals surface area contributed by atoms with Crippen molar-refractivity contribution < 1.29 is 18.4 Å². The zero-order valence-electron chi connectivity index (χ0n) is 16.2. The van der Waals surface area contributed by atoms with E-state index >= 15 is 0 Å². The van der Waals surface area contributed by atoms with Gasteiger partial charge in [-0.25, -0.2) is 9.00 Å². The van der Waals surface area contributed by atoms with Gasteiger partial charge in [-0.3, -0.25) is 4.79 Å². The van der Waals surface area contributed by atoms with E-state index in [1.165, 1.54) is 0 Å². The average Bonchev–Trinajstić information content (AvgIpc) is 3.55. The summed E-state index contributed by atoms with van der Waals surface area (Å²) in [6.45, 7) is 1.10. The fourth-order valence-electron chi connectivity index (χ4n) is 3.68. The number of nitrogens with zero attached hydrogens (tertiary/aromatic N) is 2. The number of carbonyl (C=O) groups excluding carboxylic acids is 2. The number of piperidine rings is 1. The first-order chi connectivity index (χ1) is 14.0. The quantitative estimate of drug-likeness (QED) is 0.461. The van der Waals surface area contributed by atoms with Crippen LogP contribution >= 0.6 is 0 Å². The summed E-state index contributed by atoms with van der Waals surface area (Å²) < 4.78 is 20.2. The molecule has 1 saturated heterocycles. The molecule has 0 spiro atoms. The molecule has 9 heteroatoms. The van der Waals surface area contributed by atoms with Crippen LogP contribution in [0.3, 0.4) is 0 Å². The van der Waals surface area contributed by atoms with Gasteiger partial charge in [-0.05, 0) is 48.8 Å². The van der Waals surface area contributed by atoms with Gasteiger partial charge in [0.15, 0.2) is 11.1 Å². The standard InChI is InChI=1S/C20H26N4O4S/c21-9-10-22-19(25)18(13-14-1-2-14)23-20(26)24-11-7-16(8-12-24)15-3-5-17(6-4-15)29(27)28/h3-6,14,16,18H,1-2,7-8,10-13H2,(H,22,25)(H,23,26)(H,27,28). The second kappa shape index (κ2) is 9.85. The maximum Gasteiger partial charge on any atom is 0.318 e. The lowest BCUT2D eigenvalue weighted by Crippen LogP contribution is -2.52. The van der Waals surface area contributed by atoms with Gasteiger partial charge in [-0.15, -0.1) is 0 Å². The predicted octanol–water partition coefficient (Wildman–Crippen LogP) is 1.96. The molecule has 29 heavy (non-hydrogen) atoms. The summed E-state index contributed by atoms with van der Waals surface area (Å²) in [5.74, 6) is 0.458. The number of nitrogens with one attached hydrogen (secondary N) is 2. The topological polar surface area (TPSA) is 123 Å². The monoisotopic (exact) mass is 418 g/mol. The van der Waals surface area contributed by atoms with Crippen molar-refractivity contribution in [1.82, 2.24) is 15.5 Å². The van der Waals surface area contributed by atoms with Crippen molar-refractivity contribution in [2.24, 2.45) is 5.92 Å². The molecule has 1 aromatic carbocycles. The third-order valence-corrected chi connectivity index (χ3v) is 6.23. The molecule has 2 unspecified atom stereocenters. The molecular formula is C20H26N4O4S. The van der Waals surface area contributed by atoms with Crippen molar-refractivity contribution in [3.8, 4) is 6.07 Å². The maximum absolute atomic E-state index is 12.7. The van der Waals surface area contributed by atoms with Crippen LogP contribution in [0.25, 0.3) is 0 Å². The van der Waals surface area contributed by atoms with Crippen molar-refractivity contribution in [3.63, 3.8) is 0 Å². The lowest BCUT2D eigenvalue weighted by molar-refractivity contribution is -0.123. The van der Waals surface area contributed by atoms with Crippen molar-refractivity contribution in [3.05, 3.63) is 29.8 Å². The Bertz CT molecular complexity index is 796. The predicted molar refractivity (Wildman–Crippen MR) is 107 cm³/mol. The van der Waals surface area contributed by atoms with E-state index in [0.717, 1.165) is 31.2 Å². The summed E-state index contributed by atoms with van der Waals surface area (Å²) in [5.41, 5.74) is 1.10. The number of amides is 3. The van der Waals surface area contributed by atoms with Crippen LogP contribution < -0.4 is 10.6 Å². The van der Waals surface area contributed by atoms with Gasteiger partial charge in [0, 0.05) is 13.1 Å². The fourth-order valence-corrected chi connectivity index (χ4v) is 4.05. The number of rotatable bonds is 7. The lowest BCUT2D eigenvalue weighted by atomic mass is 9.89. The number of urea groups is 1. The largest absolute Gasteiger partial charge is 0.341 e. The van der Waals surface area contributed by atoms with Gasteiger partial charge in [-0.2, -0.15) is 5.26 Å². The Kier molecular flexibility index (Phi) is 7.23. The first-order valence-electron chi connectivity index (χ1n) is 9.89. The van der Waals surface area contributed by atoms with Crippen LogP contribution in [0.2, 0.25) is 0 Å². The Morgan fingerprint density at radius 3 is 2.41 bits per heavy atom. The molecule has 1 aliphatic carbocycles. The molecule has 1 heterocycles. The fraction of sp³-hybridized carbons (Fsp3) is 0.550. The smallest absolute Gasteiger partial charge is 0.318 e. The van der Waals surface area contributed by atoms with Crippen LogP contribution in [-0.4, -0.2) is 51.3 Å². The van der Waals surface area contributed by atoms with E-state index in [4.69, 9.17) is 9.81 Å². The van der Waals surface area contributed by atoms with Crippen LogP contribution in [0.5, 0.6) is 0 Å². The number of likely N-dealkylation sites (tertiary alicyclic amines) is 1. The Labute approximate surface area is 172 Å². The molecule has 3 rings (SSSR count). The normalized spacial score (nSPS) is 19.1. The molecule has 1 aliphatic heterocycles. The molecule has 156 valence electrons. The number of benzene rings is 1. The highest BCUT2D eigenvalue weighted by Gasteiger charge is 2.32. The van der Waals surface area contributed by atoms with E-state index in [1.807, 2.05) is 18.2 Å². The van der Waals surface area contributed by atoms with Crippen molar-refractivity contribution in [1.29, 1.82) is 5.26 Å². The van der Waals surface area contributed by atoms with Crippen molar-refractivity contribution in [2.45, 2.75) is 49.0 Å². The highest BCUT2D eigenvalue weighted by Crippen LogP contribution is 2.34. The Hall–Kier alpha value is -2.44. The summed E-state index contributed by atoms with van der Waals surface area (Å²) >= 11 is -1.98. The highest BCUT2D eigenvalue weighted by atomic mass is 32.2. The van der Waals surface area contributed by atoms with Gasteiger partial charge in [0.25, 0.3) is 0 Å². The molecule has 0 bridgehead atoms. The molecule has 0 aromatic heterocycles. The van der Waals surface area contributed by atoms with E-state index in [9.17, 15) is 13.8 Å². The van der Waals surface area contributed by atoms with E-state index in [2.05, 4.69) is 10.6 Å². The summed E-state index contributed by atoms with van der Waals surface area (Å²) in [7, 11) is 0. The van der Waals surface area contributed by atoms with Gasteiger partial charge in [0.2, 0.25) is 5.91 Å². The Balaban J connectivity index is 1.52. The Morgan fingerprint density at radius 1 is 1.21 bits per heavy atom. The van der Waals surface area contributed by atoms with E-state index in [-0.39, 0.29) is 18.5 Å². The van der Waals surface area contributed by atoms with Gasteiger partial charge < -0.3 is 20.1 Å². The zero-order valence-corrected chi connectivity index (χ0v) is 17.0. The SMILES string of the molecule is N#CCNC(=O)C(CC1CC1)NC(=O)N1CCC(c2ccc(S(=O)O)cc2)CC1. The number of carbonyl (C=O) groups is 2. The number of hydrogen-bond acceptors (Lipinski definition) is 4. The second-order valence-electron chi connectivity index (χ2n) is 7.64. The minimum absolute atomic E-state index is 0.0656. The molecule has 2 aliphatic rings. The molecule has 8 nitrogen and oxygen atoms in total. The van der Waals surface area contributed by atoms with Crippen LogP contribution in [0.15, 0.2) is 29.2 Å². The third-order valence-electron chi connectivity index (χ3n) is 5.56. The zero-order chi connectivity index (χ0) is 20.8. The van der Waals surface area contributed by atoms with Gasteiger partial charge in [-0.1, -0.05) is 25.0 Å². The first-order valence-corrected chi connectivity index (χ1v) is 11.0. The summed E-state index contributed by atoms with van der Waals surface area (Å²) in [4.78, 5) is 27.0. The molecule has 2 atom stereocenters. The van der Waals surface area contributed by atoms with Gasteiger partial charge in [0.05, 0.1) is 11.0 Å². The molecular weight excluding hydrogens is 392 g/mol. The van der Waals surface area contributed by atoms with Crippen LogP contribution in [0, 0.1) is 17.2 Å². The molecule has 3 N–H and O–H groups in total. The summed E-state index contributed by atoms with van der Waals surface area (Å²) in [6, 6.07) is 8.10. The molecule has 1 aromatic rings. The van der Waals surface area contributed by atoms with Crippen molar-refractivity contribution in [2.75, 3.05) is 19.6 Å².